The van der Waals surface area contributed by atoms with Crippen molar-refractivity contribution in [3.63, 3.8) is 0 Å². The molecule has 0 bridgehead atoms. The molecule has 0 spiro atoms. The molecule has 7 heteroatoms. The maximum Gasteiger partial charge on any atom is 0.184 e. The molecule has 1 saturated heterocycles. The molecule has 0 saturated carbocycles. The Balaban J connectivity index is 0.000000219. The van der Waals surface area contributed by atoms with Gasteiger partial charge in [-0.25, -0.2) is 17.2 Å². The minimum absolute atomic E-state index is 0.165. The Morgan fingerprint density at radius 2 is 1.46 bits per heavy atom. The Morgan fingerprint density at radius 3 is 1.96 bits per heavy atom. The summed E-state index contributed by atoms with van der Waals surface area (Å²) >= 11 is 3.82. The van der Waals surface area contributed by atoms with Gasteiger partial charge in [0.1, 0.15) is 16.5 Å². The van der Waals surface area contributed by atoms with Crippen molar-refractivity contribution in [2.45, 2.75) is 27.9 Å². The normalized spacial score (nSPS) is 15.5. The van der Waals surface area contributed by atoms with Gasteiger partial charge < -0.3 is 5.32 Å². The first-order chi connectivity index (χ1) is 11.4. The Bertz CT molecular complexity index is 755. The van der Waals surface area contributed by atoms with Crippen molar-refractivity contribution in [3.05, 3.63) is 60.2 Å². The second kappa shape index (κ2) is 8.60. The van der Waals surface area contributed by atoms with Crippen LogP contribution in [0.1, 0.15) is 12.8 Å². The van der Waals surface area contributed by atoms with Gasteiger partial charge in [0.05, 0.1) is 5.25 Å². The average molecular weight is 371 g/mol. The molecule has 3 rings (SSSR count). The van der Waals surface area contributed by atoms with Crippen molar-refractivity contribution in [2.24, 2.45) is 0 Å². The number of benzene rings is 2. The van der Waals surface area contributed by atoms with Gasteiger partial charge in [-0.2, -0.15) is 0 Å². The smallest absolute Gasteiger partial charge is 0.184 e. The van der Waals surface area contributed by atoms with Gasteiger partial charge in [-0.15, -0.1) is 12.6 Å². The van der Waals surface area contributed by atoms with Gasteiger partial charge in [0, 0.05) is 4.90 Å². The molecule has 24 heavy (non-hydrogen) atoms. The largest absolute Gasteiger partial charge is 0.317 e. The Kier molecular flexibility index (Phi) is 6.77. The van der Waals surface area contributed by atoms with E-state index in [0.29, 0.717) is 30.8 Å². The first kappa shape index (κ1) is 18.9. The standard InChI is InChI=1S/C11H14FNO2S.C6H5FS/c12-10-3-1-2-4-11(10)16(14,15)9-5-7-13-8-6-9;7-5-3-1-2-4-6(5)8/h1-4,9,13H,5-8H2;1-4,8H. The summed E-state index contributed by atoms with van der Waals surface area (Å²) in [5, 5.41) is 2.64. The third-order valence-electron chi connectivity index (χ3n) is 3.72. The highest BCUT2D eigenvalue weighted by Crippen LogP contribution is 2.24. The summed E-state index contributed by atoms with van der Waals surface area (Å²) in [5.74, 6) is -0.920. The van der Waals surface area contributed by atoms with Crippen molar-refractivity contribution >= 4 is 22.5 Å². The maximum absolute atomic E-state index is 13.4. The van der Waals surface area contributed by atoms with E-state index in [9.17, 15) is 17.2 Å². The molecule has 130 valence electrons. The first-order valence-electron chi connectivity index (χ1n) is 7.55. The third-order valence-corrected chi connectivity index (χ3v) is 6.38. The molecule has 0 amide bonds. The van der Waals surface area contributed by atoms with E-state index in [-0.39, 0.29) is 10.7 Å². The van der Waals surface area contributed by atoms with Gasteiger partial charge in [0.25, 0.3) is 0 Å². The molecule has 1 aliphatic heterocycles. The molecule has 2 aromatic carbocycles. The van der Waals surface area contributed by atoms with Gasteiger partial charge in [-0.05, 0) is 50.2 Å². The summed E-state index contributed by atoms with van der Waals surface area (Å²) in [7, 11) is -3.51. The predicted molar refractivity (Wildman–Crippen MR) is 93.1 cm³/mol. The molecule has 1 heterocycles. The number of thiol groups is 1. The van der Waals surface area contributed by atoms with Crippen LogP contribution >= 0.6 is 12.6 Å². The van der Waals surface area contributed by atoms with Crippen molar-refractivity contribution in [2.75, 3.05) is 13.1 Å². The monoisotopic (exact) mass is 371 g/mol. The van der Waals surface area contributed by atoms with Gasteiger partial charge in [0.15, 0.2) is 9.84 Å². The van der Waals surface area contributed by atoms with E-state index in [0.717, 1.165) is 0 Å². The highest BCUT2D eigenvalue weighted by molar-refractivity contribution is 7.92. The highest BCUT2D eigenvalue weighted by Gasteiger charge is 2.30. The number of piperidine rings is 1. The summed E-state index contributed by atoms with van der Waals surface area (Å²) in [6, 6.07) is 11.9. The van der Waals surface area contributed by atoms with Crippen molar-refractivity contribution in [3.8, 4) is 0 Å². The molecule has 0 radical (unpaired) electrons. The second-order valence-corrected chi connectivity index (χ2v) is 8.05. The van der Waals surface area contributed by atoms with Gasteiger partial charge in [0.2, 0.25) is 0 Å². The summed E-state index contributed by atoms with van der Waals surface area (Å²) < 4.78 is 50.0. The van der Waals surface area contributed by atoms with E-state index in [1.54, 1.807) is 24.3 Å². The first-order valence-corrected chi connectivity index (χ1v) is 9.55. The van der Waals surface area contributed by atoms with Crippen LogP contribution < -0.4 is 5.32 Å². The number of sulfone groups is 1. The molecule has 3 nitrogen and oxygen atoms in total. The minimum Gasteiger partial charge on any atom is -0.317 e. The Morgan fingerprint density at radius 1 is 0.917 bits per heavy atom. The predicted octanol–water partition coefficient (Wildman–Crippen LogP) is 3.47. The van der Waals surface area contributed by atoms with E-state index >= 15 is 0 Å². The van der Waals surface area contributed by atoms with Crippen LogP contribution in [0.2, 0.25) is 0 Å². The zero-order valence-electron chi connectivity index (χ0n) is 13.0. The molecule has 0 aliphatic carbocycles. The maximum atomic E-state index is 13.4. The molecule has 1 aliphatic rings. The number of hydrogen-bond donors (Lipinski definition) is 2. The van der Waals surface area contributed by atoms with Crippen LogP contribution in [0.5, 0.6) is 0 Å². The molecule has 1 fully saturated rings. The molecular weight excluding hydrogens is 352 g/mol. The zero-order chi connectivity index (χ0) is 17.6. The number of halogens is 2. The number of hydrogen-bond acceptors (Lipinski definition) is 4. The number of nitrogens with one attached hydrogen (secondary N) is 1. The lowest BCUT2D eigenvalue weighted by molar-refractivity contribution is 0.491. The lowest BCUT2D eigenvalue weighted by Crippen LogP contribution is -2.36. The molecular formula is C17H19F2NO2S2. The van der Waals surface area contributed by atoms with Crippen LogP contribution in [0.3, 0.4) is 0 Å². The van der Waals surface area contributed by atoms with Gasteiger partial charge >= 0.3 is 0 Å². The topological polar surface area (TPSA) is 46.2 Å². The Labute approximate surface area is 146 Å². The molecule has 0 unspecified atom stereocenters. The Hall–Kier alpha value is -1.44. The fraction of sp³-hybridized carbons (Fsp3) is 0.294. The molecule has 1 N–H and O–H groups in total. The highest BCUT2D eigenvalue weighted by atomic mass is 32.2. The van der Waals surface area contributed by atoms with Crippen LogP contribution in [0, 0.1) is 11.6 Å². The van der Waals surface area contributed by atoms with Crippen LogP contribution in [-0.4, -0.2) is 26.8 Å². The van der Waals surface area contributed by atoms with E-state index < -0.39 is 20.9 Å². The fourth-order valence-corrected chi connectivity index (χ4v) is 4.40. The lowest BCUT2D eigenvalue weighted by atomic mass is 10.2. The average Bonchev–Trinajstić information content (AvgIpc) is 2.59. The summed E-state index contributed by atoms with van der Waals surface area (Å²) in [4.78, 5) is 0.231. The van der Waals surface area contributed by atoms with E-state index in [2.05, 4.69) is 17.9 Å². The van der Waals surface area contributed by atoms with Crippen molar-refractivity contribution in [1.82, 2.24) is 5.32 Å². The lowest BCUT2D eigenvalue weighted by Gasteiger charge is -2.22. The third kappa shape index (κ3) is 4.78. The fourth-order valence-electron chi connectivity index (χ4n) is 2.41. The van der Waals surface area contributed by atoms with Crippen LogP contribution in [0.15, 0.2) is 58.3 Å². The van der Waals surface area contributed by atoms with E-state index in [1.165, 1.54) is 24.3 Å². The van der Waals surface area contributed by atoms with Crippen molar-refractivity contribution in [1.29, 1.82) is 0 Å². The van der Waals surface area contributed by atoms with Gasteiger partial charge in [-0.3, -0.25) is 0 Å². The van der Waals surface area contributed by atoms with E-state index in [1.807, 2.05) is 0 Å². The zero-order valence-corrected chi connectivity index (χ0v) is 14.7. The summed E-state index contributed by atoms with van der Waals surface area (Å²) in [6.45, 7) is 1.36. The minimum atomic E-state index is -3.51. The van der Waals surface area contributed by atoms with E-state index in [4.69, 9.17) is 0 Å². The van der Waals surface area contributed by atoms with Crippen LogP contribution in [0.4, 0.5) is 8.78 Å². The quantitative estimate of drug-likeness (QED) is 0.795. The van der Waals surface area contributed by atoms with Crippen LogP contribution in [-0.2, 0) is 9.84 Å². The van der Waals surface area contributed by atoms with Crippen molar-refractivity contribution < 1.29 is 17.2 Å². The molecule has 0 aromatic heterocycles. The number of rotatable bonds is 2. The van der Waals surface area contributed by atoms with Crippen LogP contribution in [0.25, 0.3) is 0 Å². The summed E-state index contributed by atoms with van der Waals surface area (Å²) in [5.41, 5.74) is 0. The molecule has 2 aromatic rings. The molecule has 0 atom stereocenters. The second-order valence-electron chi connectivity index (χ2n) is 5.38. The SMILES string of the molecule is Fc1ccccc1S.O=S(=O)(c1ccccc1F)C1CCNCC1. The van der Waals surface area contributed by atoms with Gasteiger partial charge in [-0.1, -0.05) is 24.3 Å². The summed E-state index contributed by atoms with van der Waals surface area (Å²) in [6.07, 6.45) is 1.10.